The number of aromatic nitrogens is 1. The second-order valence-corrected chi connectivity index (χ2v) is 6.32. The first kappa shape index (κ1) is 14.5. The van der Waals surface area contributed by atoms with E-state index in [0.717, 1.165) is 31.5 Å². The zero-order valence-electron chi connectivity index (χ0n) is 11.8. The average molecular weight is 298 g/mol. The van der Waals surface area contributed by atoms with Crippen LogP contribution in [0.1, 0.15) is 41.4 Å². The second kappa shape index (κ2) is 4.80. The molecule has 2 aliphatic rings. The molecule has 1 aromatic heterocycles. The summed E-state index contributed by atoms with van der Waals surface area (Å²) in [5.41, 5.74) is -0.565. The zero-order chi connectivity index (χ0) is 15.3. The van der Waals surface area contributed by atoms with E-state index in [1.807, 2.05) is 0 Å². The topological polar surface area (TPSA) is 33.2 Å². The molecular weight excluding hydrogens is 281 g/mol. The lowest BCUT2D eigenvalue weighted by Crippen LogP contribution is -2.22. The molecule has 0 bridgehead atoms. The van der Waals surface area contributed by atoms with Crippen LogP contribution in [0.2, 0.25) is 0 Å². The molecule has 0 radical (unpaired) electrons. The molecule has 21 heavy (non-hydrogen) atoms. The van der Waals surface area contributed by atoms with Gasteiger partial charge in [0.1, 0.15) is 5.69 Å². The summed E-state index contributed by atoms with van der Waals surface area (Å²) in [5, 5.41) is 0. The number of hydrogen-bond acceptors (Lipinski definition) is 3. The van der Waals surface area contributed by atoms with E-state index in [1.54, 1.807) is 0 Å². The summed E-state index contributed by atoms with van der Waals surface area (Å²) >= 11 is 0. The maximum atomic E-state index is 12.9. The average Bonchev–Trinajstić information content (AvgIpc) is 2.85. The van der Waals surface area contributed by atoms with E-state index in [1.165, 1.54) is 12.6 Å². The highest BCUT2D eigenvalue weighted by atomic mass is 19.4. The summed E-state index contributed by atoms with van der Waals surface area (Å²) in [5.74, 6) is 0.726. The van der Waals surface area contributed by atoms with E-state index in [4.69, 9.17) is 0 Å². The van der Waals surface area contributed by atoms with Crippen molar-refractivity contribution in [1.29, 1.82) is 0 Å². The third-order valence-corrected chi connectivity index (χ3v) is 4.86. The van der Waals surface area contributed by atoms with E-state index >= 15 is 0 Å². The predicted molar refractivity (Wildman–Crippen MR) is 70.7 cm³/mol. The Labute approximate surface area is 121 Å². The Morgan fingerprint density at radius 2 is 2.24 bits per heavy atom. The molecule has 1 aliphatic carbocycles. The van der Waals surface area contributed by atoms with Crippen molar-refractivity contribution < 1.29 is 18.0 Å². The molecule has 0 amide bonds. The van der Waals surface area contributed by atoms with Gasteiger partial charge in [-0.25, -0.2) is 0 Å². The van der Waals surface area contributed by atoms with Crippen LogP contribution in [0.5, 0.6) is 0 Å². The molecule has 3 nitrogen and oxygen atoms in total. The minimum Gasteiger partial charge on any atom is -0.298 e. The van der Waals surface area contributed by atoms with Gasteiger partial charge in [-0.1, -0.05) is 6.92 Å². The monoisotopic (exact) mass is 298 g/mol. The molecule has 3 rings (SSSR count). The second-order valence-electron chi connectivity index (χ2n) is 6.32. The number of carbonyl (C=O) groups is 1. The van der Waals surface area contributed by atoms with Gasteiger partial charge in [-0.3, -0.25) is 14.7 Å². The number of alkyl halides is 3. The number of rotatable bonds is 3. The van der Waals surface area contributed by atoms with Crippen LogP contribution >= 0.6 is 0 Å². The molecule has 1 spiro atoms. The summed E-state index contributed by atoms with van der Waals surface area (Å²) in [6.07, 6.45) is -0.667. The van der Waals surface area contributed by atoms with Crippen LogP contribution < -0.4 is 0 Å². The molecule has 2 heterocycles. The Balaban J connectivity index is 1.76. The molecule has 1 saturated carbocycles. The minimum absolute atomic E-state index is 0.156. The first-order valence-corrected chi connectivity index (χ1v) is 7.08. The van der Waals surface area contributed by atoms with Crippen molar-refractivity contribution in [1.82, 2.24) is 9.88 Å². The number of halogens is 3. The van der Waals surface area contributed by atoms with Gasteiger partial charge in [0.25, 0.3) is 0 Å². The molecular formula is C15H17F3N2O. The molecule has 2 fully saturated rings. The van der Waals surface area contributed by atoms with Crippen molar-refractivity contribution in [2.75, 3.05) is 13.1 Å². The van der Waals surface area contributed by atoms with Crippen LogP contribution in [0.15, 0.2) is 12.3 Å². The number of likely N-dealkylation sites (tertiary alicyclic amines) is 1. The van der Waals surface area contributed by atoms with Crippen LogP contribution in [0.3, 0.4) is 0 Å². The molecule has 1 aromatic rings. The van der Waals surface area contributed by atoms with Crippen LogP contribution in [0, 0.1) is 11.3 Å². The first-order valence-electron chi connectivity index (χ1n) is 7.08. The van der Waals surface area contributed by atoms with Crippen LogP contribution in [-0.2, 0) is 12.7 Å². The van der Waals surface area contributed by atoms with E-state index < -0.39 is 17.4 Å². The standard InChI is InChI=1S/C15H17F3N2O/c1-10-5-14(10)2-3-20(9-14)7-11-4-12(15(16,17)18)13(8-21)19-6-11/h4,6,8,10H,2-3,5,7,9H2,1H3. The lowest BCUT2D eigenvalue weighted by Gasteiger charge is -2.17. The number of nitrogens with zero attached hydrogens (tertiary/aromatic N) is 2. The van der Waals surface area contributed by atoms with Crippen molar-refractivity contribution in [2.24, 2.45) is 11.3 Å². The summed E-state index contributed by atoms with van der Waals surface area (Å²) in [6, 6.07) is 1.05. The Morgan fingerprint density at radius 1 is 1.52 bits per heavy atom. The Kier molecular flexibility index (Phi) is 3.31. The van der Waals surface area contributed by atoms with Crippen molar-refractivity contribution in [3.63, 3.8) is 0 Å². The molecule has 2 atom stereocenters. The summed E-state index contributed by atoms with van der Waals surface area (Å²) in [6.45, 7) is 4.56. The number of hydrogen-bond donors (Lipinski definition) is 0. The highest BCUT2D eigenvalue weighted by molar-refractivity contribution is 5.74. The van der Waals surface area contributed by atoms with E-state index in [0.29, 0.717) is 17.5 Å². The molecule has 0 N–H and O–H groups in total. The van der Waals surface area contributed by atoms with Gasteiger partial charge in [-0.2, -0.15) is 13.2 Å². The lowest BCUT2D eigenvalue weighted by atomic mass is 10.0. The van der Waals surface area contributed by atoms with Gasteiger partial charge in [0, 0.05) is 19.3 Å². The van der Waals surface area contributed by atoms with Gasteiger partial charge in [-0.15, -0.1) is 0 Å². The highest BCUT2D eigenvalue weighted by Crippen LogP contribution is 2.58. The van der Waals surface area contributed by atoms with Gasteiger partial charge >= 0.3 is 6.18 Å². The fraction of sp³-hybridized carbons (Fsp3) is 0.600. The molecule has 0 aromatic carbocycles. The number of aldehydes is 1. The predicted octanol–water partition coefficient (Wildman–Crippen LogP) is 3.14. The van der Waals surface area contributed by atoms with E-state index in [-0.39, 0.29) is 6.29 Å². The lowest BCUT2D eigenvalue weighted by molar-refractivity contribution is -0.138. The molecule has 1 aliphatic heterocycles. The first-order chi connectivity index (χ1) is 9.84. The smallest absolute Gasteiger partial charge is 0.298 e. The van der Waals surface area contributed by atoms with E-state index in [9.17, 15) is 18.0 Å². The van der Waals surface area contributed by atoms with Crippen LogP contribution in [-0.4, -0.2) is 29.3 Å². The fourth-order valence-corrected chi connectivity index (χ4v) is 3.42. The summed E-state index contributed by atoms with van der Waals surface area (Å²) in [4.78, 5) is 16.5. The Morgan fingerprint density at radius 3 is 2.76 bits per heavy atom. The summed E-state index contributed by atoms with van der Waals surface area (Å²) in [7, 11) is 0. The third kappa shape index (κ3) is 2.69. The highest BCUT2D eigenvalue weighted by Gasteiger charge is 2.54. The van der Waals surface area contributed by atoms with Gasteiger partial charge < -0.3 is 0 Å². The number of carbonyl (C=O) groups excluding carboxylic acids is 1. The Bertz CT molecular complexity index is 573. The van der Waals surface area contributed by atoms with E-state index in [2.05, 4.69) is 16.8 Å². The van der Waals surface area contributed by atoms with Crippen LogP contribution in [0.25, 0.3) is 0 Å². The largest absolute Gasteiger partial charge is 0.418 e. The molecule has 6 heteroatoms. The van der Waals surface area contributed by atoms with Crippen molar-refractivity contribution in [3.05, 3.63) is 29.1 Å². The Hall–Kier alpha value is -1.43. The maximum absolute atomic E-state index is 12.9. The normalized spacial score (nSPS) is 29.0. The zero-order valence-corrected chi connectivity index (χ0v) is 11.8. The van der Waals surface area contributed by atoms with Gasteiger partial charge in [0.15, 0.2) is 6.29 Å². The van der Waals surface area contributed by atoms with Gasteiger partial charge in [-0.05, 0) is 42.3 Å². The molecule has 114 valence electrons. The van der Waals surface area contributed by atoms with Crippen LogP contribution in [0.4, 0.5) is 13.2 Å². The fourth-order valence-electron chi connectivity index (χ4n) is 3.42. The third-order valence-electron chi connectivity index (χ3n) is 4.86. The maximum Gasteiger partial charge on any atom is 0.418 e. The number of pyridine rings is 1. The van der Waals surface area contributed by atoms with Gasteiger partial charge in [0.05, 0.1) is 5.56 Å². The SMILES string of the molecule is CC1CC12CCN(Cc1cnc(C=O)c(C(F)(F)F)c1)C2. The van der Waals surface area contributed by atoms with Crippen molar-refractivity contribution in [2.45, 2.75) is 32.5 Å². The summed E-state index contributed by atoms with van der Waals surface area (Å²) < 4.78 is 38.7. The van der Waals surface area contributed by atoms with Crippen molar-refractivity contribution >= 4 is 6.29 Å². The van der Waals surface area contributed by atoms with Crippen molar-refractivity contribution in [3.8, 4) is 0 Å². The molecule has 1 saturated heterocycles. The van der Waals surface area contributed by atoms with Gasteiger partial charge in [0.2, 0.25) is 0 Å². The quantitative estimate of drug-likeness (QED) is 0.804. The minimum atomic E-state index is -4.55. The molecule has 2 unspecified atom stereocenters.